The zero-order valence-electron chi connectivity index (χ0n) is 15.4. The van der Waals surface area contributed by atoms with E-state index in [1.54, 1.807) is 31.2 Å². The number of hydrogen-bond donors (Lipinski definition) is 2. The van der Waals surface area contributed by atoms with Crippen molar-refractivity contribution in [2.45, 2.75) is 35.9 Å². The summed E-state index contributed by atoms with van der Waals surface area (Å²) in [7, 11) is -3.74. The fraction of sp³-hybridized carbons (Fsp3) is 0.250. The molecule has 142 valence electrons. The van der Waals surface area contributed by atoms with Crippen LogP contribution < -0.4 is 10.6 Å². The molecule has 2 aromatic rings. The molecule has 2 N–H and O–H groups in total. The summed E-state index contributed by atoms with van der Waals surface area (Å²) in [4.78, 5) is 13.7. The first-order valence-corrected chi connectivity index (χ1v) is 11.0. The summed E-state index contributed by atoms with van der Waals surface area (Å²) in [5.41, 5.74) is 1.35. The normalized spacial score (nSPS) is 20.6. The molecule has 1 aliphatic heterocycles. The van der Waals surface area contributed by atoms with Crippen LogP contribution in [-0.2, 0) is 9.84 Å². The van der Waals surface area contributed by atoms with Crippen LogP contribution in [0.3, 0.4) is 0 Å². The molecule has 0 aliphatic carbocycles. The van der Waals surface area contributed by atoms with E-state index in [0.717, 1.165) is 10.5 Å². The molecule has 0 fully saturated rings. The Morgan fingerprint density at radius 2 is 1.59 bits per heavy atom. The Kier molecular flexibility index (Phi) is 5.62. The van der Waals surface area contributed by atoms with E-state index < -0.39 is 27.2 Å². The lowest BCUT2D eigenvalue weighted by Gasteiger charge is -2.24. The van der Waals surface area contributed by atoms with Crippen molar-refractivity contribution in [1.29, 1.82) is 0 Å². The molecular weight excluding hydrogens is 380 g/mol. The number of thioether (sulfide) groups is 1. The van der Waals surface area contributed by atoms with Gasteiger partial charge in [0.15, 0.2) is 0 Å². The van der Waals surface area contributed by atoms with E-state index in [4.69, 9.17) is 0 Å². The molecule has 7 heteroatoms. The zero-order chi connectivity index (χ0) is 19.6. The average molecular weight is 403 g/mol. The van der Waals surface area contributed by atoms with Crippen molar-refractivity contribution in [2.24, 2.45) is 5.92 Å². The number of allylic oxidation sites excluding steroid dienone is 1. The summed E-state index contributed by atoms with van der Waals surface area (Å²) in [5, 5.41) is 5.12. The van der Waals surface area contributed by atoms with Crippen LogP contribution >= 0.6 is 11.8 Å². The van der Waals surface area contributed by atoms with Crippen molar-refractivity contribution >= 4 is 27.6 Å². The first-order chi connectivity index (χ1) is 12.8. The minimum Gasteiger partial charge on any atom is -0.325 e. The number of carbonyl (C=O) groups is 1. The van der Waals surface area contributed by atoms with Crippen LogP contribution in [0.5, 0.6) is 0 Å². The van der Waals surface area contributed by atoms with Gasteiger partial charge in [-0.2, -0.15) is 0 Å². The van der Waals surface area contributed by atoms with Crippen molar-refractivity contribution in [3.63, 3.8) is 0 Å². The second-order valence-electron chi connectivity index (χ2n) is 6.54. The van der Waals surface area contributed by atoms with Gasteiger partial charge >= 0.3 is 6.03 Å². The molecule has 0 radical (unpaired) electrons. The van der Waals surface area contributed by atoms with Crippen molar-refractivity contribution in [2.75, 3.05) is 0 Å². The van der Waals surface area contributed by atoms with E-state index in [9.17, 15) is 13.2 Å². The lowest BCUT2D eigenvalue weighted by molar-refractivity contribution is 0.242. The summed E-state index contributed by atoms with van der Waals surface area (Å²) in [6.07, 6.45) is 0. The van der Waals surface area contributed by atoms with Crippen LogP contribution in [0, 0.1) is 12.8 Å². The number of aryl methyl sites for hydroxylation is 1. The minimum absolute atomic E-state index is 0.230. The number of sulfone groups is 1. The second kappa shape index (κ2) is 7.78. The number of hydrogen-bond acceptors (Lipinski definition) is 4. The number of nitrogens with one attached hydrogen (secondary N) is 2. The van der Waals surface area contributed by atoms with E-state index in [-0.39, 0.29) is 9.80 Å². The number of urea groups is 1. The van der Waals surface area contributed by atoms with Gasteiger partial charge in [-0.25, -0.2) is 13.2 Å². The van der Waals surface area contributed by atoms with Gasteiger partial charge in [0.1, 0.15) is 0 Å². The van der Waals surface area contributed by atoms with Gasteiger partial charge in [-0.05, 0) is 38.1 Å². The van der Waals surface area contributed by atoms with Crippen molar-refractivity contribution < 1.29 is 13.2 Å². The van der Waals surface area contributed by atoms with Gasteiger partial charge in [-0.3, -0.25) is 0 Å². The zero-order valence-corrected chi connectivity index (χ0v) is 17.0. The first kappa shape index (κ1) is 19.5. The van der Waals surface area contributed by atoms with Gasteiger partial charge in [0, 0.05) is 16.5 Å². The third-order valence-electron chi connectivity index (χ3n) is 4.44. The standard InChI is InChI=1S/C20H22N2O3S2/c1-13-9-11-17(12-10-13)27(24,25)18-14(2)19(22-20(23)21-15(18)3)26-16-7-5-4-6-8-16/h4-12,14,19H,1-3H3,(H2,21,22,23)/t14-,19+/m0/s1. The molecule has 2 atom stereocenters. The lowest BCUT2D eigenvalue weighted by atomic mass is 10.1. The molecule has 2 aromatic carbocycles. The van der Waals surface area contributed by atoms with E-state index >= 15 is 0 Å². The van der Waals surface area contributed by atoms with E-state index in [2.05, 4.69) is 10.6 Å². The largest absolute Gasteiger partial charge is 0.325 e. The maximum absolute atomic E-state index is 13.3. The maximum atomic E-state index is 13.3. The number of benzene rings is 2. The molecule has 0 bridgehead atoms. The molecule has 0 unspecified atom stereocenters. The molecule has 27 heavy (non-hydrogen) atoms. The maximum Gasteiger partial charge on any atom is 0.319 e. The van der Waals surface area contributed by atoms with Gasteiger partial charge in [0.05, 0.1) is 15.2 Å². The highest BCUT2D eigenvalue weighted by atomic mass is 32.2. The van der Waals surface area contributed by atoms with E-state index in [1.165, 1.54) is 11.8 Å². The quantitative estimate of drug-likeness (QED) is 0.808. The number of amides is 2. The van der Waals surface area contributed by atoms with Gasteiger partial charge in [0.2, 0.25) is 9.84 Å². The monoisotopic (exact) mass is 402 g/mol. The Hall–Kier alpha value is -2.25. The van der Waals surface area contributed by atoms with Gasteiger partial charge in [-0.1, -0.05) is 42.8 Å². The molecular formula is C20H22N2O3S2. The fourth-order valence-corrected chi connectivity index (χ4v) is 6.10. The summed E-state index contributed by atoms with van der Waals surface area (Å²) in [6, 6.07) is 16.0. The van der Waals surface area contributed by atoms with Gasteiger partial charge in [-0.15, -0.1) is 11.8 Å². The highest BCUT2D eigenvalue weighted by Crippen LogP contribution is 2.36. The molecule has 1 aliphatic rings. The Balaban J connectivity index is 2.02. The highest BCUT2D eigenvalue weighted by Gasteiger charge is 2.36. The van der Waals surface area contributed by atoms with Crippen LogP contribution in [0.2, 0.25) is 0 Å². The predicted molar refractivity (Wildman–Crippen MR) is 108 cm³/mol. The highest BCUT2D eigenvalue weighted by molar-refractivity contribution is 8.00. The topological polar surface area (TPSA) is 75.3 Å². The molecule has 0 saturated carbocycles. The Labute approximate surface area is 164 Å². The van der Waals surface area contributed by atoms with Crippen LogP contribution in [-0.4, -0.2) is 19.8 Å². The summed E-state index contributed by atoms with van der Waals surface area (Å²) in [5.74, 6) is -0.416. The number of carbonyl (C=O) groups excluding carboxylic acids is 1. The fourth-order valence-electron chi connectivity index (χ4n) is 3.07. The van der Waals surface area contributed by atoms with E-state index in [0.29, 0.717) is 5.70 Å². The van der Waals surface area contributed by atoms with Crippen molar-refractivity contribution in [3.8, 4) is 0 Å². The molecule has 1 heterocycles. The molecule has 3 rings (SSSR count). The van der Waals surface area contributed by atoms with Crippen molar-refractivity contribution in [3.05, 3.63) is 70.8 Å². The average Bonchev–Trinajstić information content (AvgIpc) is 2.72. The first-order valence-electron chi connectivity index (χ1n) is 8.61. The van der Waals surface area contributed by atoms with Gasteiger partial charge < -0.3 is 10.6 Å². The van der Waals surface area contributed by atoms with Gasteiger partial charge in [0.25, 0.3) is 0 Å². The Bertz CT molecular complexity index is 968. The second-order valence-corrected chi connectivity index (χ2v) is 9.68. The van der Waals surface area contributed by atoms with Crippen LogP contribution in [0.4, 0.5) is 4.79 Å². The van der Waals surface area contributed by atoms with Crippen LogP contribution in [0.15, 0.2) is 75.0 Å². The van der Waals surface area contributed by atoms with Crippen LogP contribution in [0.1, 0.15) is 19.4 Å². The smallest absolute Gasteiger partial charge is 0.319 e. The third kappa shape index (κ3) is 4.20. The molecule has 0 saturated heterocycles. The third-order valence-corrected chi connectivity index (χ3v) is 7.91. The van der Waals surface area contributed by atoms with E-state index in [1.807, 2.05) is 44.2 Å². The summed E-state index contributed by atoms with van der Waals surface area (Å²) < 4.78 is 26.7. The summed E-state index contributed by atoms with van der Waals surface area (Å²) >= 11 is 1.44. The summed E-state index contributed by atoms with van der Waals surface area (Å²) in [6.45, 7) is 5.37. The lowest BCUT2D eigenvalue weighted by Crippen LogP contribution is -2.39. The Morgan fingerprint density at radius 3 is 2.22 bits per heavy atom. The minimum atomic E-state index is -3.74. The molecule has 0 spiro atoms. The molecule has 0 aromatic heterocycles. The van der Waals surface area contributed by atoms with Crippen LogP contribution in [0.25, 0.3) is 0 Å². The van der Waals surface area contributed by atoms with Crippen molar-refractivity contribution in [1.82, 2.24) is 10.6 Å². The number of rotatable bonds is 4. The molecule has 2 amide bonds. The molecule has 5 nitrogen and oxygen atoms in total. The SMILES string of the molecule is CC1=C(S(=O)(=O)c2ccc(C)cc2)[C@H](C)[C@@H](Sc2ccccc2)NC(=O)N1. The predicted octanol–water partition coefficient (Wildman–Crippen LogP) is 4.07. The Morgan fingerprint density at radius 1 is 0.963 bits per heavy atom.